The molecule has 18 heavy (non-hydrogen) atoms. The molecule has 7 heteroatoms. The Labute approximate surface area is 106 Å². The molecule has 1 rings (SSSR count). The third-order valence-electron chi connectivity index (χ3n) is 2.15. The highest BCUT2D eigenvalue weighted by atomic mass is 35.5. The zero-order chi connectivity index (χ0) is 13.9. The van der Waals surface area contributed by atoms with Crippen LogP contribution in [-0.4, -0.2) is 13.1 Å². The van der Waals surface area contributed by atoms with Crippen LogP contribution in [0.1, 0.15) is 16.7 Å². The molecule has 0 aliphatic carbocycles. The van der Waals surface area contributed by atoms with E-state index in [0.29, 0.717) is 0 Å². The number of hydrogen-bond acceptors (Lipinski definition) is 3. The lowest BCUT2D eigenvalue weighted by atomic mass is 9.99. The summed E-state index contributed by atoms with van der Waals surface area (Å²) >= 11 is 5.61. The number of halogens is 4. The molecular weight excluding hydrogens is 271 g/mol. The SMILES string of the molecule is COC(=O)Cc1cc(Cl)cc(C#N)c1C(F)(F)F. The molecule has 0 saturated carbocycles. The minimum absolute atomic E-state index is 0.0431. The van der Waals surface area contributed by atoms with Gasteiger partial charge in [0.15, 0.2) is 0 Å². The molecule has 1 aromatic carbocycles. The van der Waals surface area contributed by atoms with Crippen LogP contribution in [0.4, 0.5) is 13.2 Å². The molecule has 0 aliphatic heterocycles. The summed E-state index contributed by atoms with van der Waals surface area (Å²) in [6.07, 6.45) is -5.33. The van der Waals surface area contributed by atoms with E-state index >= 15 is 0 Å². The number of rotatable bonds is 2. The molecule has 0 N–H and O–H groups in total. The first kappa shape index (κ1) is 14.3. The van der Waals surface area contributed by atoms with Gasteiger partial charge in [-0.2, -0.15) is 18.4 Å². The van der Waals surface area contributed by atoms with Crippen molar-refractivity contribution in [2.75, 3.05) is 7.11 Å². The Bertz CT molecular complexity index is 520. The molecule has 0 aliphatic rings. The minimum Gasteiger partial charge on any atom is -0.469 e. The van der Waals surface area contributed by atoms with Crippen molar-refractivity contribution < 1.29 is 22.7 Å². The Hall–Kier alpha value is -1.74. The topological polar surface area (TPSA) is 50.1 Å². The molecule has 0 amide bonds. The average molecular weight is 278 g/mol. The molecule has 0 unspecified atom stereocenters. The van der Waals surface area contributed by atoms with Crippen molar-refractivity contribution >= 4 is 17.6 Å². The van der Waals surface area contributed by atoms with Crippen molar-refractivity contribution in [1.82, 2.24) is 0 Å². The first-order valence-electron chi connectivity index (χ1n) is 4.66. The predicted octanol–water partition coefficient (Wildman–Crippen LogP) is 2.95. The van der Waals surface area contributed by atoms with Crippen molar-refractivity contribution in [3.63, 3.8) is 0 Å². The van der Waals surface area contributed by atoms with Crippen LogP contribution in [0.15, 0.2) is 12.1 Å². The van der Waals surface area contributed by atoms with Gasteiger partial charge in [0, 0.05) is 5.02 Å². The number of alkyl halides is 3. The zero-order valence-corrected chi connectivity index (χ0v) is 9.89. The average Bonchev–Trinajstić information content (AvgIpc) is 2.25. The van der Waals surface area contributed by atoms with E-state index in [0.717, 1.165) is 19.2 Å². The Morgan fingerprint density at radius 2 is 2.11 bits per heavy atom. The fourth-order valence-corrected chi connectivity index (χ4v) is 1.69. The second kappa shape index (κ2) is 5.27. The smallest absolute Gasteiger partial charge is 0.417 e. The predicted molar refractivity (Wildman–Crippen MR) is 56.9 cm³/mol. The Morgan fingerprint density at radius 3 is 2.56 bits per heavy atom. The van der Waals surface area contributed by atoms with Crippen LogP contribution in [0.3, 0.4) is 0 Å². The van der Waals surface area contributed by atoms with Crippen molar-refractivity contribution in [2.45, 2.75) is 12.6 Å². The van der Waals surface area contributed by atoms with Gasteiger partial charge in [-0.15, -0.1) is 0 Å². The van der Waals surface area contributed by atoms with Crippen LogP contribution in [0.25, 0.3) is 0 Å². The second-order valence-corrected chi connectivity index (χ2v) is 3.79. The lowest BCUT2D eigenvalue weighted by molar-refractivity contribution is -0.141. The Kier molecular flexibility index (Phi) is 4.19. The third-order valence-corrected chi connectivity index (χ3v) is 2.37. The van der Waals surface area contributed by atoms with E-state index in [1.807, 2.05) is 0 Å². The van der Waals surface area contributed by atoms with E-state index in [-0.39, 0.29) is 10.6 Å². The molecule has 0 saturated heterocycles. The standard InChI is InChI=1S/C11H7ClF3NO2/c1-18-9(17)4-6-2-8(12)3-7(5-16)10(6)11(13,14)15/h2-3H,4H2,1H3. The number of benzene rings is 1. The van der Waals surface area contributed by atoms with Gasteiger partial charge in [0.2, 0.25) is 0 Å². The van der Waals surface area contributed by atoms with E-state index in [1.54, 1.807) is 0 Å². The minimum atomic E-state index is -4.74. The molecule has 0 aromatic heterocycles. The molecule has 0 heterocycles. The molecule has 0 bridgehead atoms. The van der Waals surface area contributed by atoms with Gasteiger partial charge < -0.3 is 4.74 Å². The van der Waals surface area contributed by atoms with E-state index < -0.39 is 29.7 Å². The quantitative estimate of drug-likeness (QED) is 0.781. The molecule has 1 aromatic rings. The van der Waals surface area contributed by atoms with E-state index in [2.05, 4.69) is 4.74 Å². The maximum atomic E-state index is 12.8. The fraction of sp³-hybridized carbons (Fsp3) is 0.273. The zero-order valence-electron chi connectivity index (χ0n) is 9.14. The summed E-state index contributed by atoms with van der Waals surface area (Å²) < 4.78 is 42.8. The number of ether oxygens (including phenoxy) is 1. The summed E-state index contributed by atoms with van der Waals surface area (Å²) in [7, 11) is 1.06. The number of esters is 1. The van der Waals surface area contributed by atoms with Gasteiger partial charge in [-0.3, -0.25) is 4.79 Å². The Balaban J connectivity index is 3.44. The molecule has 0 fully saturated rings. The Morgan fingerprint density at radius 1 is 1.50 bits per heavy atom. The van der Waals surface area contributed by atoms with Crippen molar-refractivity contribution in [1.29, 1.82) is 5.26 Å². The summed E-state index contributed by atoms with van der Waals surface area (Å²) in [6.45, 7) is 0. The van der Waals surface area contributed by atoms with Crippen molar-refractivity contribution in [3.8, 4) is 6.07 Å². The summed E-state index contributed by atoms with van der Waals surface area (Å²) in [5, 5.41) is 8.65. The molecule has 96 valence electrons. The van der Waals surface area contributed by atoms with Crippen LogP contribution >= 0.6 is 11.6 Å². The van der Waals surface area contributed by atoms with Crippen molar-refractivity contribution in [3.05, 3.63) is 33.8 Å². The number of hydrogen-bond donors (Lipinski definition) is 0. The summed E-state index contributed by atoms with van der Waals surface area (Å²) in [4.78, 5) is 11.1. The van der Waals surface area contributed by atoms with Crippen LogP contribution in [0.2, 0.25) is 5.02 Å². The maximum absolute atomic E-state index is 12.8. The van der Waals surface area contributed by atoms with Gasteiger partial charge in [-0.25, -0.2) is 0 Å². The van der Waals surface area contributed by atoms with E-state index in [1.165, 1.54) is 6.07 Å². The van der Waals surface area contributed by atoms with Crippen LogP contribution in [0.5, 0.6) is 0 Å². The second-order valence-electron chi connectivity index (χ2n) is 3.35. The molecule has 0 atom stereocenters. The van der Waals surface area contributed by atoms with Gasteiger partial charge in [0.05, 0.1) is 30.7 Å². The highest BCUT2D eigenvalue weighted by molar-refractivity contribution is 6.30. The summed E-state index contributed by atoms with van der Waals surface area (Å²) in [6, 6.07) is 3.33. The van der Waals surface area contributed by atoms with Gasteiger partial charge in [-0.05, 0) is 17.7 Å². The van der Waals surface area contributed by atoms with E-state index in [9.17, 15) is 18.0 Å². The number of nitrogens with zero attached hydrogens (tertiary/aromatic N) is 1. The lowest BCUT2D eigenvalue weighted by Gasteiger charge is -2.14. The first-order chi connectivity index (χ1) is 8.29. The number of methoxy groups -OCH3 is 1. The van der Waals surface area contributed by atoms with Gasteiger partial charge >= 0.3 is 12.1 Å². The maximum Gasteiger partial charge on any atom is 0.417 e. The van der Waals surface area contributed by atoms with Crippen molar-refractivity contribution in [2.24, 2.45) is 0 Å². The largest absolute Gasteiger partial charge is 0.469 e. The molecular formula is C11H7ClF3NO2. The molecule has 0 spiro atoms. The van der Waals surface area contributed by atoms with Gasteiger partial charge in [-0.1, -0.05) is 11.6 Å². The highest BCUT2D eigenvalue weighted by Gasteiger charge is 2.37. The van der Waals surface area contributed by atoms with Crippen LogP contribution in [0, 0.1) is 11.3 Å². The van der Waals surface area contributed by atoms with Crippen LogP contribution < -0.4 is 0 Å². The molecule has 0 radical (unpaired) electrons. The van der Waals surface area contributed by atoms with Crippen LogP contribution in [-0.2, 0) is 22.1 Å². The third kappa shape index (κ3) is 3.14. The number of nitriles is 1. The fourth-order valence-electron chi connectivity index (χ4n) is 1.45. The normalized spacial score (nSPS) is 10.9. The highest BCUT2D eigenvalue weighted by Crippen LogP contribution is 2.36. The monoisotopic (exact) mass is 277 g/mol. The number of carbonyl (C=O) groups excluding carboxylic acids is 1. The summed E-state index contributed by atoms with van der Waals surface area (Å²) in [5.41, 5.74) is -2.15. The van der Waals surface area contributed by atoms with E-state index in [4.69, 9.17) is 16.9 Å². The molecule has 3 nitrogen and oxygen atoms in total. The first-order valence-corrected chi connectivity index (χ1v) is 5.04. The number of carbonyl (C=O) groups is 1. The summed E-state index contributed by atoms with van der Waals surface area (Å²) in [5.74, 6) is -0.841. The van der Waals surface area contributed by atoms with Gasteiger partial charge in [0.25, 0.3) is 0 Å². The lowest BCUT2D eigenvalue weighted by Crippen LogP contribution is -2.15. The van der Waals surface area contributed by atoms with Gasteiger partial charge in [0.1, 0.15) is 0 Å².